The molecule has 0 saturated carbocycles. The van der Waals surface area contributed by atoms with Crippen molar-refractivity contribution in [3.63, 3.8) is 0 Å². The molecule has 0 aliphatic carbocycles. The number of nitrogens with one attached hydrogen (secondary N) is 1. The Morgan fingerprint density at radius 3 is 2.79 bits per heavy atom. The second kappa shape index (κ2) is 5.50. The first kappa shape index (κ1) is 14.3. The molecule has 2 N–H and O–H groups in total. The number of sulfone groups is 1. The molecule has 0 bridgehead atoms. The summed E-state index contributed by atoms with van der Waals surface area (Å²) < 4.78 is 23.6. The summed E-state index contributed by atoms with van der Waals surface area (Å²) >= 11 is 3.19. The fourth-order valence-corrected chi connectivity index (χ4v) is 4.08. The van der Waals surface area contributed by atoms with E-state index < -0.39 is 15.7 Å². The fourth-order valence-electron chi connectivity index (χ4n) is 2.10. The number of carbonyl (C=O) groups excluding carboxylic acids is 1. The lowest BCUT2D eigenvalue weighted by Gasteiger charge is -2.23. The number of carbonyl (C=O) groups is 1. The van der Waals surface area contributed by atoms with E-state index in [1.165, 1.54) is 12.1 Å². The Morgan fingerprint density at radius 2 is 2.16 bits per heavy atom. The minimum atomic E-state index is -3.06. The third kappa shape index (κ3) is 3.70. The van der Waals surface area contributed by atoms with Crippen LogP contribution in [-0.4, -0.2) is 37.0 Å². The standard InChI is InChI=1S/C12H14BrNO4S/c13-8-3-4-10(11(15)6-8)12(16)14-9-2-1-5-19(17,18)7-9/h3-4,6,9,15H,1-2,5,7H2,(H,14,16). The molecule has 0 radical (unpaired) electrons. The Bertz CT molecular complexity index is 600. The van der Waals surface area contributed by atoms with E-state index in [1.807, 2.05) is 0 Å². The van der Waals surface area contributed by atoms with Crippen LogP contribution in [0.5, 0.6) is 5.75 Å². The molecule has 1 atom stereocenters. The van der Waals surface area contributed by atoms with E-state index in [-0.39, 0.29) is 28.9 Å². The van der Waals surface area contributed by atoms with Crippen LogP contribution >= 0.6 is 15.9 Å². The first-order valence-electron chi connectivity index (χ1n) is 5.87. The third-order valence-corrected chi connectivity index (χ3v) is 5.32. The Balaban J connectivity index is 2.09. The number of amides is 1. The van der Waals surface area contributed by atoms with Gasteiger partial charge in [-0.15, -0.1) is 0 Å². The van der Waals surface area contributed by atoms with E-state index in [1.54, 1.807) is 6.07 Å². The van der Waals surface area contributed by atoms with Crippen molar-refractivity contribution in [1.82, 2.24) is 5.32 Å². The van der Waals surface area contributed by atoms with Gasteiger partial charge in [0.25, 0.3) is 5.91 Å². The summed E-state index contributed by atoms with van der Waals surface area (Å²) in [6.45, 7) is 0. The van der Waals surface area contributed by atoms with Crippen molar-refractivity contribution in [2.75, 3.05) is 11.5 Å². The third-order valence-electron chi connectivity index (χ3n) is 3.00. The molecule has 1 aliphatic heterocycles. The van der Waals surface area contributed by atoms with E-state index >= 15 is 0 Å². The average molecular weight is 348 g/mol. The number of halogens is 1. The fraction of sp³-hybridized carbons (Fsp3) is 0.417. The summed E-state index contributed by atoms with van der Waals surface area (Å²) in [4.78, 5) is 12.0. The SMILES string of the molecule is O=C(NC1CCCS(=O)(=O)C1)c1ccc(Br)cc1O. The second-order valence-corrected chi connectivity index (χ2v) is 7.73. The van der Waals surface area contributed by atoms with Crippen LogP contribution in [0.25, 0.3) is 0 Å². The zero-order valence-electron chi connectivity index (χ0n) is 10.1. The summed E-state index contributed by atoms with van der Waals surface area (Å²) in [7, 11) is -3.06. The predicted octanol–water partition coefficient (Wildman–Crippen LogP) is 1.46. The molecule has 1 unspecified atom stereocenters. The number of phenols is 1. The molecule has 0 spiro atoms. The topological polar surface area (TPSA) is 83.5 Å². The first-order chi connectivity index (χ1) is 8.87. The summed E-state index contributed by atoms with van der Waals surface area (Å²) in [5.41, 5.74) is 0.145. The van der Waals surface area contributed by atoms with Crippen molar-refractivity contribution in [3.8, 4) is 5.75 Å². The maximum atomic E-state index is 12.0. The maximum absolute atomic E-state index is 12.0. The van der Waals surface area contributed by atoms with Gasteiger partial charge in [-0.2, -0.15) is 0 Å². The molecule has 1 fully saturated rings. The van der Waals surface area contributed by atoms with Crippen LogP contribution in [-0.2, 0) is 9.84 Å². The van der Waals surface area contributed by atoms with Crippen LogP contribution in [0.3, 0.4) is 0 Å². The van der Waals surface area contributed by atoms with Gasteiger partial charge in [-0.05, 0) is 31.0 Å². The van der Waals surface area contributed by atoms with Crippen molar-refractivity contribution >= 4 is 31.7 Å². The number of phenolic OH excluding ortho intramolecular Hbond substituents is 1. The lowest BCUT2D eigenvalue weighted by Crippen LogP contribution is -2.43. The van der Waals surface area contributed by atoms with Gasteiger partial charge in [0.05, 0.1) is 17.1 Å². The molecule has 1 amide bonds. The van der Waals surface area contributed by atoms with Crippen LogP contribution in [0.2, 0.25) is 0 Å². The normalized spacial score (nSPS) is 21.8. The van der Waals surface area contributed by atoms with Crippen LogP contribution in [0, 0.1) is 0 Å². The zero-order chi connectivity index (χ0) is 14.0. The van der Waals surface area contributed by atoms with Gasteiger partial charge >= 0.3 is 0 Å². The molecule has 5 nitrogen and oxygen atoms in total. The number of rotatable bonds is 2. The van der Waals surface area contributed by atoms with Crippen molar-refractivity contribution in [2.24, 2.45) is 0 Å². The zero-order valence-corrected chi connectivity index (χ0v) is 12.5. The molecule has 0 aromatic heterocycles. The first-order valence-corrected chi connectivity index (χ1v) is 8.48. The lowest BCUT2D eigenvalue weighted by molar-refractivity contribution is 0.0935. The molecule has 104 valence electrons. The molecule has 1 saturated heterocycles. The Morgan fingerprint density at radius 1 is 1.42 bits per heavy atom. The molecule has 1 aliphatic rings. The molecule has 2 rings (SSSR count). The van der Waals surface area contributed by atoms with Gasteiger partial charge in [0.2, 0.25) is 0 Å². The molecular formula is C12H14BrNO4S. The quantitative estimate of drug-likeness (QED) is 0.848. The average Bonchev–Trinajstić information content (AvgIpc) is 2.27. The van der Waals surface area contributed by atoms with E-state index in [2.05, 4.69) is 21.2 Å². The highest BCUT2D eigenvalue weighted by Crippen LogP contribution is 2.22. The van der Waals surface area contributed by atoms with Crippen molar-refractivity contribution in [3.05, 3.63) is 28.2 Å². The number of benzene rings is 1. The number of hydrogen-bond donors (Lipinski definition) is 2. The minimum absolute atomic E-state index is 0.0317. The monoisotopic (exact) mass is 347 g/mol. The van der Waals surface area contributed by atoms with Gasteiger partial charge in [-0.3, -0.25) is 4.79 Å². The molecule has 19 heavy (non-hydrogen) atoms. The van der Waals surface area contributed by atoms with Crippen LogP contribution < -0.4 is 5.32 Å². The summed E-state index contributed by atoms with van der Waals surface area (Å²) in [5.74, 6) is -0.434. The van der Waals surface area contributed by atoms with Crippen molar-refractivity contribution in [1.29, 1.82) is 0 Å². The molecule has 1 heterocycles. The molecule has 1 aromatic rings. The van der Waals surface area contributed by atoms with Gasteiger partial charge in [0.1, 0.15) is 5.75 Å². The van der Waals surface area contributed by atoms with Gasteiger partial charge in [0, 0.05) is 10.5 Å². The van der Waals surface area contributed by atoms with Crippen LogP contribution in [0.1, 0.15) is 23.2 Å². The smallest absolute Gasteiger partial charge is 0.255 e. The van der Waals surface area contributed by atoms with Crippen molar-refractivity contribution in [2.45, 2.75) is 18.9 Å². The summed E-state index contributed by atoms with van der Waals surface area (Å²) in [6.07, 6.45) is 1.20. The predicted molar refractivity (Wildman–Crippen MR) is 74.9 cm³/mol. The number of aromatic hydroxyl groups is 1. The maximum Gasteiger partial charge on any atom is 0.255 e. The lowest BCUT2D eigenvalue weighted by atomic mass is 10.1. The van der Waals surface area contributed by atoms with Gasteiger partial charge in [0.15, 0.2) is 9.84 Å². The van der Waals surface area contributed by atoms with Crippen LogP contribution in [0.4, 0.5) is 0 Å². The Labute approximate surface area is 120 Å². The highest BCUT2D eigenvalue weighted by Gasteiger charge is 2.26. The summed E-state index contributed by atoms with van der Waals surface area (Å²) in [5, 5.41) is 12.3. The van der Waals surface area contributed by atoms with Gasteiger partial charge in [-0.1, -0.05) is 15.9 Å². The minimum Gasteiger partial charge on any atom is -0.507 e. The highest BCUT2D eigenvalue weighted by atomic mass is 79.9. The second-order valence-electron chi connectivity index (χ2n) is 4.59. The van der Waals surface area contributed by atoms with E-state index in [0.717, 1.165) is 0 Å². The van der Waals surface area contributed by atoms with E-state index in [4.69, 9.17) is 0 Å². The molecular weight excluding hydrogens is 334 g/mol. The highest BCUT2D eigenvalue weighted by molar-refractivity contribution is 9.10. The molecule has 1 aromatic carbocycles. The molecule has 7 heteroatoms. The van der Waals surface area contributed by atoms with Crippen LogP contribution in [0.15, 0.2) is 22.7 Å². The van der Waals surface area contributed by atoms with Gasteiger partial charge in [-0.25, -0.2) is 8.42 Å². The Hall–Kier alpha value is -1.08. The van der Waals surface area contributed by atoms with Gasteiger partial charge < -0.3 is 10.4 Å². The largest absolute Gasteiger partial charge is 0.507 e. The summed E-state index contributed by atoms with van der Waals surface area (Å²) in [6, 6.07) is 4.18. The number of hydrogen-bond acceptors (Lipinski definition) is 4. The van der Waals surface area contributed by atoms with E-state index in [0.29, 0.717) is 17.3 Å². The van der Waals surface area contributed by atoms with Crippen molar-refractivity contribution < 1.29 is 18.3 Å². The Kier molecular flexibility index (Phi) is 4.15. The van der Waals surface area contributed by atoms with E-state index in [9.17, 15) is 18.3 Å².